The SMILES string of the molecule is N#CC1=C2SCN(c3cccc(Cl)c3)CN2C(=O)C[C@H]1c1ccc(F)cc1. The van der Waals surface area contributed by atoms with Crippen LogP contribution >= 0.6 is 23.4 Å². The van der Waals surface area contributed by atoms with Gasteiger partial charge >= 0.3 is 0 Å². The molecule has 0 spiro atoms. The van der Waals surface area contributed by atoms with E-state index in [9.17, 15) is 14.4 Å². The van der Waals surface area contributed by atoms with Gasteiger partial charge in [-0.15, -0.1) is 0 Å². The van der Waals surface area contributed by atoms with Crippen molar-refractivity contribution in [3.63, 3.8) is 0 Å². The van der Waals surface area contributed by atoms with Gasteiger partial charge < -0.3 is 4.90 Å². The zero-order chi connectivity index (χ0) is 19.0. The van der Waals surface area contributed by atoms with Gasteiger partial charge in [0.15, 0.2) is 0 Å². The van der Waals surface area contributed by atoms with Gasteiger partial charge in [0, 0.05) is 23.0 Å². The Morgan fingerprint density at radius 3 is 2.70 bits per heavy atom. The molecule has 136 valence electrons. The Hall–Kier alpha value is -2.49. The normalized spacial score (nSPS) is 19.7. The maximum Gasteiger partial charge on any atom is 0.229 e. The number of rotatable bonds is 2. The number of allylic oxidation sites excluding steroid dienone is 1. The van der Waals surface area contributed by atoms with Crippen molar-refractivity contribution in [3.8, 4) is 6.07 Å². The molecule has 1 amide bonds. The number of nitrogens with zero attached hydrogens (tertiary/aromatic N) is 3. The molecule has 0 radical (unpaired) electrons. The van der Waals surface area contributed by atoms with E-state index in [1.807, 2.05) is 23.1 Å². The second-order valence-electron chi connectivity index (χ2n) is 6.40. The molecule has 0 aliphatic carbocycles. The van der Waals surface area contributed by atoms with Gasteiger partial charge in [0.25, 0.3) is 0 Å². The second kappa shape index (κ2) is 7.26. The summed E-state index contributed by atoms with van der Waals surface area (Å²) in [6.45, 7) is 0.378. The summed E-state index contributed by atoms with van der Waals surface area (Å²) in [5.74, 6) is -0.101. The topological polar surface area (TPSA) is 47.3 Å². The average molecular weight is 400 g/mol. The third-order valence-electron chi connectivity index (χ3n) is 4.74. The lowest BCUT2D eigenvalue weighted by atomic mass is 9.86. The third-order valence-corrected chi connectivity index (χ3v) is 6.13. The summed E-state index contributed by atoms with van der Waals surface area (Å²) < 4.78 is 13.2. The minimum atomic E-state index is -0.335. The lowest BCUT2D eigenvalue weighted by molar-refractivity contribution is -0.129. The van der Waals surface area contributed by atoms with Gasteiger partial charge in [0.1, 0.15) is 5.82 Å². The van der Waals surface area contributed by atoms with Crippen LogP contribution in [0.1, 0.15) is 17.9 Å². The van der Waals surface area contributed by atoms with Crippen molar-refractivity contribution in [1.82, 2.24) is 4.90 Å². The molecule has 0 unspecified atom stereocenters. The highest BCUT2D eigenvalue weighted by Crippen LogP contribution is 2.43. The number of amides is 1. The summed E-state index contributed by atoms with van der Waals surface area (Å²) in [6.07, 6.45) is 0.196. The Balaban J connectivity index is 1.66. The van der Waals surface area contributed by atoms with Gasteiger partial charge in [-0.3, -0.25) is 9.69 Å². The van der Waals surface area contributed by atoms with Crippen molar-refractivity contribution in [3.05, 3.63) is 75.5 Å². The molecule has 0 bridgehead atoms. The number of fused-ring (bicyclic) bond motifs is 1. The molecular weight excluding hydrogens is 385 g/mol. The lowest BCUT2D eigenvalue weighted by Crippen LogP contribution is -2.47. The van der Waals surface area contributed by atoms with Crippen LogP contribution in [0.5, 0.6) is 0 Å². The highest BCUT2D eigenvalue weighted by atomic mass is 35.5. The van der Waals surface area contributed by atoms with E-state index in [1.165, 1.54) is 23.9 Å². The Morgan fingerprint density at radius 1 is 1.22 bits per heavy atom. The van der Waals surface area contributed by atoms with Crippen molar-refractivity contribution in [2.75, 3.05) is 17.4 Å². The molecule has 2 aromatic carbocycles. The quantitative estimate of drug-likeness (QED) is 0.734. The summed E-state index contributed by atoms with van der Waals surface area (Å²) in [7, 11) is 0. The van der Waals surface area contributed by atoms with Crippen molar-refractivity contribution in [2.45, 2.75) is 12.3 Å². The largest absolute Gasteiger partial charge is 0.344 e. The van der Waals surface area contributed by atoms with E-state index >= 15 is 0 Å². The van der Waals surface area contributed by atoms with Crippen molar-refractivity contribution in [1.29, 1.82) is 5.26 Å². The first kappa shape index (κ1) is 17.9. The van der Waals surface area contributed by atoms with Gasteiger partial charge in [0.05, 0.1) is 29.2 Å². The maximum atomic E-state index is 13.2. The Bertz CT molecular complexity index is 970. The van der Waals surface area contributed by atoms with E-state index in [2.05, 4.69) is 6.07 Å². The first-order valence-electron chi connectivity index (χ1n) is 8.40. The molecule has 0 aromatic heterocycles. The fraction of sp³-hybridized carbons (Fsp3) is 0.200. The molecule has 2 aliphatic heterocycles. The molecule has 27 heavy (non-hydrogen) atoms. The summed E-state index contributed by atoms with van der Waals surface area (Å²) in [6, 6.07) is 15.8. The number of benzene rings is 2. The first-order valence-corrected chi connectivity index (χ1v) is 9.76. The van der Waals surface area contributed by atoms with E-state index in [1.54, 1.807) is 23.1 Å². The van der Waals surface area contributed by atoms with E-state index < -0.39 is 0 Å². The fourth-order valence-corrected chi connectivity index (χ4v) is 4.73. The van der Waals surface area contributed by atoms with Crippen LogP contribution in [-0.2, 0) is 4.79 Å². The van der Waals surface area contributed by atoms with Crippen molar-refractivity contribution < 1.29 is 9.18 Å². The van der Waals surface area contributed by atoms with Crippen LogP contribution in [-0.4, -0.2) is 23.4 Å². The van der Waals surface area contributed by atoms with Crippen molar-refractivity contribution in [2.24, 2.45) is 0 Å². The Morgan fingerprint density at radius 2 is 2.00 bits per heavy atom. The molecular formula is C20H15ClFN3OS. The number of nitriles is 1. The fourth-order valence-electron chi connectivity index (χ4n) is 3.38. The molecule has 1 fully saturated rings. The highest BCUT2D eigenvalue weighted by Gasteiger charge is 2.38. The molecule has 1 saturated heterocycles. The number of carbonyl (C=O) groups is 1. The molecule has 0 saturated carbocycles. The van der Waals surface area contributed by atoms with Gasteiger partial charge in [-0.2, -0.15) is 5.26 Å². The molecule has 4 nitrogen and oxygen atoms in total. The monoisotopic (exact) mass is 399 g/mol. The average Bonchev–Trinajstić information content (AvgIpc) is 2.68. The number of halogens is 2. The molecule has 7 heteroatoms. The standard InChI is InChI=1S/C20H15ClFN3OS/c21-14-2-1-3-16(8-14)24-11-25-19(26)9-17(13-4-6-15(22)7-5-13)18(10-23)20(25)27-12-24/h1-8,17H,9,11-12H2/t17-/m0/s1. The van der Waals surface area contributed by atoms with E-state index in [4.69, 9.17) is 11.6 Å². The van der Waals surface area contributed by atoms with Crippen LogP contribution in [0.25, 0.3) is 0 Å². The Labute approximate surface area is 165 Å². The lowest BCUT2D eigenvalue weighted by Gasteiger charge is -2.42. The molecule has 2 aromatic rings. The van der Waals surface area contributed by atoms with Crippen LogP contribution in [0.2, 0.25) is 5.02 Å². The first-order chi connectivity index (χ1) is 13.1. The number of thioether (sulfide) groups is 1. The maximum absolute atomic E-state index is 13.2. The minimum Gasteiger partial charge on any atom is -0.344 e. The Kier molecular flexibility index (Phi) is 4.81. The van der Waals surface area contributed by atoms with E-state index in [0.29, 0.717) is 28.2 Å². The van der Waals surface area contributed by atoms with Crippen LogP contribution in [0, 0.1) is 17.1 Å². The molecule has 4 rings (SSSR count). The molecule has 2 heterocycles. The number of anilines is 1. The van der Waals surface area contributed by atoms with Crippen LogP contribution in [0.3, 0.4) is 0 Å². The predicted octanol–water partition coefficient (Wildman–Crippen LogP) is 4.70. The summed E-state index contributed by atoms with van der Waals surface area (Å²) in [5, 5.41) is 11.1. The smallest absolute Gasteiger partial charge is 0.229 e. The predicted molar refractivity (Wildman–Crippen MR) is 104 cm³/mol. The summed E-state index contributed by atoms with van der Waals surface area (Å²) in [4.78, 5) is 16.5. The zero-order valence-corrected chi connectivity index (χ0v) is 15.8. The van der Waals surface area contributed by atoms with Gasteiger partial charge in [0.2, 0.25) is 5.91 Å². The highest BCUT2D eigenvalue weighted by molar-refractivity contribution is 8.03. The van der Waals surface area contributed by atoms with E-state index in [0.717, 1.165) is 11.3 Å². The number of hydrogen-bond acceptors (Lipinski definition) is 4. The van der Waals surface area contributed by atoms with Crippen LogP contribution < -0.4 is 4.90 Å². The molecule has 0 N–H and O–H groups in total. The molecule has 1 atom stereocenters. The zero-order valence-electron chi connectivity index (χ0n) is 14.2. The number of carbonyl (C=O) groups excluding carboxylic acids is 1. The van der Waals surface area contributed by atoms with Crippen LogP contribution in [0.15, 0.2) is 59.1 Å². The van der Waals surface area contributed by atoms with Crippen molar-refractivity contribution >= 4 is 35.0 Å². The summed E-state index contributed by atoms with van der Waals surface area (Å²) >= 11 is 7.55. The number of hydrogen-bond donors (Lipinski definition) is 0. The second-order valence-corrected chi connectivity index (χ2v) is 7.77. The minimum absolute atomic E-state index is 0.0439. The summed E-state index contributed by atoms with van der Waals surface area (Å²) in [5.41, 5.74) is 2.28. The van der Waals surface area contributed by atoms with E-state index in [-0.39, 0.29) is 24.1 Å². The van der Waals surface area contributed by atoms with Gasteiger partial charge in [-0.25, -0.2) is 4.39 Å². The third kappa shape index (κ3) is 3.41. The van der Waals surface area contributed by atoms with Gasteiger partial charge in [-0.05, 0) is 35.9 Å². The molecule has 2 aliphatic rings. The van der Waals surface area contributed by atoms with Gasteiger partial charge in [-0.1, -0.05) is 41.6 Å². The van der Waals surface area contributed by atoms with Crippen LogP contribution in [0.4, 0.5) is 10.1 Å².